The van der Waals surface area contributed by atoms with Crippen molar-refractivity contribution >= 4 is 5.78 Å². The van der Waals surface area contributed by atoms with Crippen molar-refractivity contribution in [3.05, 3.63) is 23.8 Å². The Morgan fingerprint density at radius 2 is 2.06 bits per heavy atom. The highest BCUT2D eigenvalue weighted by molar-refractivity contribution is 5.76. The van der Waals surface area contributed by atoms with Crippen LogP contribution in [0.1, 0.15) is 25.0 Å². The first-order valence-electron chi connectivity index (χ1n) is 4.98. The molecule has 0 saturated carbocycles. The van der Waals surface area contributed by atoms with Gasteiger partial charge in [-0.3, -0.25) is 4.79 Å². The van der Waals surface area contributed by atoms with Crippen LogP contribution in [0.3, 0.4) is 0 Å². The minimum atomic E-state index is -0.835. The van der Waals surface area contributed by atoms with Crippen LogP contribution in [0.5, 0.6) is 11.5 Å². The fourth-order valence-corrected chi connectivity index (χ4v) is 1.48. The maximum atomic E-state index is 10.9. The first-order valence-corrected chi connectivity index (χ1v) is 4.98. The van der Waals surface area contributed by atoms with E-state index in [4.69, 9.17) is 9.47 Å². The largest absolute Gasteiger partial charge is 0.497 e. The second-order valence-electron chi connectivity index (χ2n) is 3.53. The molecule has 0 spiro atoms. The third-order valence-electron chi connectivity index (χ3n) is 2.28. The smallest absolute Gasteiger partial charge is 0.132 e. The number of methoxy groups -OCH3 is 2. The molecule has 4 nitrogen and oxygen atoms in total. The summed E-state index contributed by atoms with van der Waals surface area (Å²) in [6, 6.07) is 5.10. The number of benzene rings is 1. The molecule has 0 radical (unpaired) electrons. The molecule has 0 saturated heterocycles. The lowest BCUT2D eigenvalue weighted by Gasteiger charge is -2.14. The number of aliphatic hydroxyl groups is 1. The molecule has 0 heterocycles. The molecule has 0 aromatic heterocycles. The molecule has 0 fully saturated rings. The van der Waals surface area contributed by atoms with Crippen LogP contribution in [0.15, 0.2) is 18.2 Å². The molecule has 0 aliphatic rings. The Labute approximate surface area is 94.8 Å². The molecular formula is C12H16O4. The van der Waals surface area contributed by atoms with Crippen molar-refractivity contribution in [2.75, 3.05) is 14.2 Å². The minimum Gasteiger partial charge on any atom is -0.497 e. The predicted octanol–water partition coefficient (Wildman–Crippen LogP) is 1.72. The summed E-state index contributed by atoms with van der Waals surface area (Å²) in [5, 5.41) is 9.82. The zero-order valence-electron chi connectivity index (χ0n) is 9.69. The first kappa shape index (κ1) is 12.5. The number of Topliss-reactive ketones (excluding diaryl/α,β-unsaturated/α-hetero) is 1. The number of hydrogen-bond donors (Lipinski definition) is 1. The summed E-state index contributed by atoms with van der Waals surface area (Å²) < 4.78 is 10.2. The van der Waals surface area contributed by atoms with Crippen LogP contribution in [0.2, 0.25) is 0 Å². The summed E-state index contributed by atoms with van der Waals surface area (Å²) in [7, 11) is 3.07. The second kappa shape index (κ2) is 5.51. The van der Waals surface area contributed by atoms with Crippen molar-refractivity contribution in [3.63, 3.8) is 0 Å². The summed E-state index contributed by atoms with van der Waals surface area (Å²) in [5.74, 6) is 1.11. The van der Waals surface area contributed by atoms with Crippen LogP contribution in [0, 0.1) is 0 Å². The van der Waals surface area contributed by atoms with E-state index in [1.165, 1.54) is 14.0 Å². The van der Waals surface area contributed by atoms with Crippen molar-refractivity contribution in [3.8, 4) is 11.5 Å². The maximum Gasteiger partial charge on any atom is 0.132 e. The summed E-state index contributed by atoms with van der Waals surface area (Å²) >= 11 is 0. The zero-order chi connectivity index (χ0) is 12.1. The number of rotatable bonds is 5. The van der Waals surface area contributed by atoms with Gasteiger partial charge in [-0.25, -0.2) is 0 Å². The van der Waals surface area contributed by atoms with Gasteiger partial charge in [0.2, 0.25) is 0 Å². The molecule has 1 atom stereocenters. The number of ether oxygens (including phenoxy) is 2. The fourth-order valence-electron chi connectivity index (χ4n) is 1.48. The molecule has 0 aliphatic carbocycles. The quantitative estimate of drug-likeness (QED) is 0.827. The number of aliphatic hydroxyl groups excluding tert-OH is 1. The topological polar surface area (TPSA) is 55.8 Å². The van der Waals surface area contributed by atoms with Gasteiger partial charge in [0.1, 0.15) is 17.3 Å². The molecule has 1 aromatic carbocycles. The van der Waals surface area contributed by atoms with Crippen LogP contribution < -0.4 is 9.47 Å². The van der Waals surface area contributed by atoms with Crippen LogP contribution in [-0.4, -0.2) is 25.1 Å². The first-order chi connectivity index (χ1) is 7.58. The van der Waals surface area contributed by atoms with Crippen molar-refractivity contribution in [2.24, 2.45) is 0 Å². The Morgan fingerprint density at radius 1 is 1.38 bits per heavy atom. The Kier molecular flexibility index (Phi) is 4.31. The SMILES string of the molecule is COc1ccc([C@H](O)CC(C)=O)c(OC)c1. The zero-order valence-corrected chi connectivity index (χ0v) is 9.69. The lowest BCUT2D eigenvalue weighted by molar-refractivity contribution is -0.118. The van der Waals surface area contributed by atoms with E-state index in [-0.39, 0.29) is 12.2 Å². The second-order valence-corrected chi connectivity index (χ2v) is 3.53. The van der Waals surface area contributed by atoms with E-state index < -0.39 is 6.10 Å². The van der Waals surface area contributed by atoms with Crippen molar-refractivity contribution in [2.45, 2.75) is 19.4 Å². The van der Waals surface area contributed by atoms with Gasteiger partial charge in [0.25, 0.3) is 0 Å². The van der Waals surface area contributed by atoms with Crippen molar-refractivity contribution < 1.29 is 19.4 Å². The maximum absolute atomic E-state index is 10.9. The summed E-state index contributed by atoms with van der Waals surface area (Å²) in [4.78, 5) is 10.9. The lowest BCUT2D eigenvalue weighted by atomic mass is 10.0. The predicted molar refractivity (Wildman–Crippen MR) is 59.8 cm³/mol. The Morgan fingerprint density at radius 3 is 2.56 bits per heavy atom. The summed E-state index contributed by atoms with van der Waals surface area (Å²) in [6.45, 7) is 1.44. The normalized spacial score (nSPS) is 12.0. The van der Waals surface area contributed by atoms with Crippen LogP contribution >= 0.6 is 0 Å². The van der Waals surface area contributed by atoms with Crippen LogP contribution in [0.25, 0.3) is 0 Å². The highest BCUT2D eigenvalue weighted by Gasteiger charge is 2.15. The molecule has 1 N–H and O–H groups in total. The molecule has 88 valence electrons. The molecule has 0 bridgehead atoms. The van der Waals surface area contributed by atoms with Gasteiger partial charge in [-0.05, 0) is 19.1 Å². The molecule has 0 aliphatic heterocycles. The third kappa shape index (κ3) is 2.97. The monoisotopic (exact) mass is 224 g/mol. The van der Waals surface area contributed by atoms with Gasteiger partial charge < -0.3 is 14.6 Å². The van der Waals surface area contributed by atoms with Gasteiger partial charge in [0.15, 0.2) is 0 Å². The van der Waals surface area contributed by atoms with Gasteiger partial charge in [-0.1, -0.05) is 0 Å². The van der Waals surface area contributed by atoms with Gasteiger partial charge in [-0.2, -0.15) is 0 Å². The number of hydrogen-bond acceptors (Lipinski definition) is 4. The van der Waals surface area contributed by atoms with Crippen molar-refractivity contribution in [1.82, 2.24) is 0 Å². The van der Waals surface area contributed by atoms with E-state index in [0.717, 1.165) is 0 Å². The van der Waals surface area contributed by atoms with E-state index in [1.807, 2.05) is 0 Å². The molecule has 4 heteroatoms. The minimum absolute atomic E-state index is 0.0645. The number of ketones is 1. The molecule has 0 amide bonds. The summed E-state index contributed by atoms with van der Waals surface area (Å²) in [6.07, 6.45) is -0.749. The molecule has 16 heavy (non-hydrogen) atoms. The Balaban J connectivity index is 2.98. The van der Waals surface area contributed by atoms with E-state index >= 15 is 0 Å². The Bertz CT molecular complexity index is 373. The molecule has 1 rings (SSSR count). The third-order valence-corrected chi connectivity index (χ3v) is 2.28. The average Bonchev–Trinajstić information content (AvgIpc) is 2.27. The van der Waals surface area contributed by atoms with Gasteiger partial charge in [-0.15, -0.1) is 0 Å². The lowest BCUT2D eigenvalue weighted by Crippen LogP contribution is -2.05. The van der Waals surface area contributed by atoms with E-state index in [9.17, 15) is 9.90 Å². The van der Waals surface area contributed by atoms with Gasteiger partial charge in [0, 0.05) is 18.1 Å². The average molecular weight is 224 g/mol. The Hall–Kier alpha value is -1.55. The molecule has 1 aromatic rings. The number of carbonyl (C=O) groups excluding carboxylic acids is 1. The summed E-state index contributed by atoms with van der Waals surface area (Å²) in [5.41, 5.74) is 0.596. The standard InChI is InChI=1S/C12H16O4/c1-8(13)6-11(14)10-5-4-9(15-2)7-12(10)16-3/h4-5,7,11,14H,6H2,1-3H3/t11-/m1/s1. The van der Waals surface area contributed by atoms with Gasteiger partial charge in [0.05, 0.1) is 20.3 Å². The molecular weight excluding hydrogens is 208 g/mol. The molecule has 0 unspecified atom stereocenters. The van der Waals surface area contributed by atoms with E-state index in [1.54, 1.807) is 25.3 Å². The fraction of sp³-hybridized carbons (Fsp3) is 0.417. The highest BCUT2D eigenvalue weighted by atomic mass is 16.5. The van der Waals surface area contributed by atoms with Crippen LogP contribution in [0.4, 0.5) is 0 Å². The highest BCUT2D eigenvalue weighted by Crippen LogP contribution is 2.30. The number of carbonyl (C=O) groups is 1. The van der Waals surface area contributed by atoms with E-state index in [0.29, 0.717) is 17.1 Å². The van der Waals surface area contributed by atoms with Crippen molar-refractivity contribution in [1.29, 1.82) is 0 Å². The van der Waals surface area contributed by atoms with E-state index in [2.05, 4.69) is 0 Å². The van der Waals surface area contributed by atoms with Crippen LogP contribution in [-0.2, 0) is 4.79 Å². The van der Waals surface area contributed by atoms with Gasteiger partial charge >= 0.3 is 0 Å².